The maximum atomic E-state index is 14.0. The third-order valence-electron chi connectivity index (χ3n) is 6.66. The molecule has 0 saturated carbocycles. The molecule has 0 aliphatic carbocycles. The van der Waals surface area contributed by atoms with Crippen molar-refractivity contribution < 1.29 is 9.53 Å². The van der Waals surface area contributed by atoms with E-state index in [4.69, 9.17) is 4.74 Å². The summed E-state index contributed by atoms with van der Waals surface area (Å²) in [5, 5.41) is 14.4. The lowest BCUT2D eigenvalue weighted by atomic mass is 9.96. The van der Waals surface area contributed by atoms with Crippen molar-refractivity contribution in [3.8, 4) is 28.3 Å². The van der Waals surface area contributed by atoms with Crippen molar-refractivity contribution >= 4 is 5.97 Å². The molecule has 0 fully saturated rings. The van der Waals surface area contributed by atoms with E-state index in [1.807, 2.05) is 43.6 Å². The molecule has 200 valence electrons. The number of nitrogens with zero attached hydrogens (tertiary/aromatic N) is 7. The molecule has 0 aliphatic rings. The summed E-state index contributed by atoms with van der Waals surface area (Å²) < 4.78 is 10.3. The Morgan fingerprint density at radius 3 is 2.64 bits per heavy atom. The molecule has 0 bridgehead atoms. The van der Waals surface area contributed by atoms with Crippen LogP contribution in [0.1, 0.15) is 48.3 Å². The Morgan fingerprint density at radius 2 is 1.90 bits per heavy atom. The van der Waals surface area contributed by atoms with Crippen LogP contribution in [0.15, 0.2) is 66.0 Å². The highest BCUT2D eigenvalue weighted by molar-refractivity contribution is 5.93. The molecule has 5 rings (SSSR count). The molecule has 11 nitrogen and oxygen atoms in total. The van der Waals surface area contributed by atoms with E-state index in [-0.39, 0.29) is 12.3 Å². The van der Waals surface area contributed by atoms with Crippen LogP contribution in [0.3, 0.4) is 0 Å². The second-order valence-electron chi connectivity index (χ2n) is 9.18. The molecule has 4 heterocycles. The number of aryl methyl sites for hydroxylation is 2. The lowest BCUT2D eigenvalue weighted by Crippen LogP contribution is -2.27. The number of nitrogens with one attached hydrogen (secondary N) is 1. The molecule has 1 N–H and O–H groups in total. The number of ether oxygens (including phenoxy) is 1. The Labute approximate surface area is 225 Å². The number of rotatable bonds is 10. The molecule has 0 aliphatic heterocycles. The SMILES string of the molecule is CCCCc1cn(-c2c(C(=O)OCC)ccn2C)c(=O)n1Cc1cnccc1-c1ccccc1-c1nnn[nH]1. The monoisotopic (exact) mass is 526 g/mol. The molecular formula is C28H30N8O3. The second-order valence-corrected chi connectivity index (χ2v) is 9.18. The summed E-state index contributed by atoms with van der Waals surface area (Å²) in [5.74, 6) is 0.566. The maximum absolute atomic E-state index is 14.0. The fraction of sp³-hybridized carbons (Fsp3) is 0.286. The fourth-order valence-corrected chi connectivity index (χ4v) is 4.78. The summed E-state index contributed by atoms with van der Waals surface area (Å²) in [5.41, 5.74) is 4.53. The first kappa shape index (κ1) is 25.8. The van der Waals surface area contributed by atoms with Crippen molar-refractivity contribution in [2.24, 2.45) is 7.05 Å². The molecule has 0 atom stereocenters. The number of imidazole rings is 1. The predicted molar refractivity (Wildman–Crippen MR) is 146 cm³/mol. The Bertz CT molecular complexity index is 1650. The van der Waals surface area contributed by atoms with Crippen molar-refractivity contribution in [3.63, 3.8) is 0 Å². The molecular weight excluding hydrogens is 496 g/mol. The molecule has 5 aromatic rings. The molecule has 11 heteroatoms. The first-order valence-corrected chi connectivity index (χ1v) is 12.9. The van der Waals surface area contributed by atoms with Gasteiger partial charge in [0.1, 0.15) is 11.4 Å². The van der Waals surface area contributed by atoms with Gasteiger partial charge in [-0.3, -0.25) is 14.1 Å². The van der Waals surface area contributed by atoms with Gasteiger partial charge in [0.15, 0.2) is 5.82 Å². The average Bonchev–Trinajstić information content (AvgIpc) is 3.68. The first-order chi connectivity index (χ1) is 19.0. The second kappa shape index (κ2) is 11.3. The summed E-state index contributed by atoms with van der Waals surface area (Å²) >= 11 is 0. The third-order valence-corrected chi connectivity index (χ3v) is 6.66. The van der Waals surface area contributed by atoms with Crippen LogP contribution >= 0.6 is 0 Å². The molecule has 4 aromatic heterocycles. The lowest BCUT2D eigenvalue weighted by Gasteiger charge is -2.14. The quantitative estimate of drug-likeness (QED) is 0.275. The van der Waals surface area contributed by atoms with Gasteiger partial charge in [0.05, 0.1) is 13.2 Å². The summed E-state index contributed by atoms with van der Waals surface area (Å²) in [6.45, 7) is 4.43. The van der Waals surface area contributed by atoms with Crippen LogP contribution in [0, 0.1) is 0 Å². The minimum atomic E-state index is -0.462. The number of aromatic amines is 1. The molecule has 1 aromatic carbocycles. The number of aromatic nitrogens is 8. The molecule has 0 amide bonds. The maximum Gasteiger partial charge on any atom is 0.341 e. The number of carbonyl (C=O) groups is 1. The number of H-pyrrole nitrogens is 1. The van der Waals surface area contributed by atoms with Crippen molar-refractivity contribution in [1.29, 1.82) is 0 Å². The van der Waals surface area contributed by atoms with Crippen LogP contribution in [0.25, 0.3) is 28.3 Å². The van der Waals surface area contributed by atoms with E-state index in [1.165, 1.54) is 0 Å². The molecule has 39 heavy (non-hydrogen) atoms. The van der Waals surface area contributed by atoms with Gasteiger partial charge < -0.3 is 9.30 Å². The Kier molecular flexibility index (Phi) is 7.48. The molecule has 0 radical (unpaired) electrons. The fourth-order valence-electron chi connectivity index (χ4n) is 4.78. The highest BCUT2D eigenvalue weighted by Crippen LogP contribution is 2.32. The highest BCUT2D eigenvalue weighted by atomic mass is 16.5. The van der Waals surface area contributed by atoms with Crippen LogP contribution in [-0.4, -0.2) is 51.9 Å². The standard InChI is InChI=1S/C28H30N8O3/c1-4-6-9-20-18-36(26-24(13-15-34(26)3)27(37)39-5-2)28(38)35(20)17-19-16-29-14-12-21(19)22-10-7-8-11-23(22)25-30-32-33-31-25/h7-8,10-16,18H,4-6,9,17H2,1-3H3,(H,30,31,32,33). The van der Waals surface area contributed by atoms with Crippen LogP contribution in [0.2, 0.25) is 0 Å². The van der Waals surface area contributed by atoms with Gasteiger partial charge in [-0.05, 0) is 59.0 Å². The Balaban J connectivity index is 1.62. The summed E-state index contributed by atoms with van der Waals surface area (Å²) in [6.07, 6.45) is 9.72. The van der Waals surface area contributed by atoms with Gasteiger partial charge in [-0.1, -0.05) is 37.6 Å². The molecule has 0 unspecified atom stereocenters. The zero-order valence-electron chi connectivity index (χ0n) is 22.2. The number of hydrogen-bond acceptors (Lipinski definition) is 7. The predicted octanol–water partition coefficient (Wildman–Crippen LogP) is 3.79. The van der Waals surface area contributed by atoms with Gasteiger partial charge in [0.25, 0.3) is 0 Å². The summed E-state index contributed by atoms with van der Waals surface area (Å²) in [7, 11) is 1.81. The first-order valence-electron chi connectivity index (χ1n) is 12.9. The van der Waals surface area contributed by atoms with Gasteiger partial charge in [0.2, 0.25) is 0 Å². The van der Waals surface area contributed by atoms with E-state index in [9.17, 15) is 9.59 Å². The van der Waals surface area contributed by atoms with Gasteiger partial charge >= 0.3 is 11.7 Å². The van der Waals surface area contributed by atoms with Crippen molar-refractivity contribution in [1.82, 2.24) is 39.3 Å². The van der Waals surface area contributed by atoms with Gasteiger partial charge in [0, 0.05) is 43.1 Å². The summed E-state index contributed by atoms with van der Waals surface area (Å²) in [4.78, 5) is 31.0. The zero-order valence-corrected chi connectivity index (χ0v) is 22.2. The lowest BCUT2D eigenvalue weighted by molar-refractivity contribution is 0.0526. The van der Waals surface area contributed by atoms with E-state index < -0.39 is 5.97 Å². The Morgan fingerprint density at radius 1 is 1.08 bits per heavy atom. The van der Waals surface area contributed by atoms with E-state index in [2.05, 4.69) is 32.5 Å². The van der Waals surface area contributed by atoms with Crippen molar-refractivity contribution in [3.05, 3.63) is 88.5 Å². The number of unbranched alkanes of at least 4 members (excludes halogenated alkanes) is 1. The van der Waals surface area contributed by atoms with Crippen LogP contribution in [0.4, 0.5) is 0 Å². The van der Waals surface area contributed by atoms with Crippen molar-refractivity contribution in [2.75, 3.05) is 6.61 Å². The van der Waals surface area contributed by atoms with Crippen LogP contribution in [0.5, 0.6) is 0 Å². The highest BCUT2D eigenvalue weighted by Gasteiger charge is 2.23. The minimum absolute atomic E-state index is 0.240. The van der Waals surface area contributed by atoms with E-state index in [0.29, 0.717) is 30.2 Å². The molecule has 0 saturated heterocycles. The average molecular weight is 527 g/mol. The number of pyridine rings is 1. The van der Waals surface area contributed by atoms with Gasteiger partial charge in [-0.2, -0.15) is 0 Å². The number of hydrogen-bond donors (Lipinski definition) is 1. The normalized spacial score (nSPS) is 11.2. The minimum Gasteiger partial charge on any atom is -0.462 e. The van der Waals surface area contributed by atoms with E-state index in [0.717, 1.165) is 40.8 Å². The Hall–Kier alpha value is -4.80. The zero-order chi connectivity index (χ0) is 27.4. The van der Waals surface area contributed by atoms with Gasteiger partial charge in [-0.25, -0.2) is 14.7 Å². The van der Waals surface area contributed by atoms with E-state index >= 15 is 0 Å². The number of carbonyl (C=O) groups excluding carboxylic acids is 1. The smallest absolute Gasteiger partial charge is 0.341 e. The topological polar surface area (TPSA) is 126 Å². The van der Waals surface area contributed by atoms with Crippen molar-refractivity contribution in [2.45, 2.75) is 39.7 Å². The summed E-state index contributed by atoms with van der Waals surface area (Å²) in [6, 6.07) is 11.4. The van der Waals surface area contributed by atoms with Crippen LogP contribution in [-0.2, 0) is 24.8 Å². The number of tetrazole rings is 1. The largest absolute Gasteiger partial charge is 0.462 e. The number of benzene rings is 1. The van der Waals surface area contributed by atoms with Gasteiger partial charge in [-0.15, -0.1) is 5.10 Å². The van der Waals surface area contributed by atoms with Crippen LogP contribution < -0.4 is 5.69 Å². The van der Waals surface area contributed by atoms with E-state index in [1.54, 1.807) is 45.3 Å². The molecule has 0 spiro atoms. The third kappa shape index (κ3) is 5.02. The number of esters is 1.